The molecule has 1 aromatic heterocycles. The molecule has 2 aromatic rings. The average Bonchev–Trinajstić information content (AvgIpc) is 3.19. The number of carbonyl (C=O) groups is 1. The van der Waals surface area contributed by atoms with E-state index in [0.29, 0.717) is 24.5 Å². The van der Waals surface area contributed by atoms with E-state index >= 15 is 0 Å². The number of rotatable bonds is 7. The Morgan fingerprint density at radius 2 is 2.12 bits per heavy atom. The molecule has 26 heavy (non-hydrogen) atoms. The molecule has 1 amide bonds. The van der Waals surface area contributed by atoms with Gasteiger partial charge in [0.05, 0.1) is 30.0 Å². The second-order valence-electron chi connectivity index (χ2n) is 6.86. The fraction of sp³-hybridized carbons (Fsp3) is 0.474. The molecular formula is C19H25N3O3S. The first-order chi connectivity index (χ1) is 12.6. The Balaban J connectivity index is 1.60. The van der Waals surface area contributed by atoms with Gasteiger partial charge in [0.2, 0.25) is 0 Å². The van der Waals surface area contributed by atoms with Crippen LogP contribution in [0.2, 0.25) is 0 Å². The van der Waals surface area contributed by atoms with Gasteiger partial charge in [-0.25, -0.2) is 4.98 Å². The first kappa shape index (κ1) is 18.8. The number of hydrogen-bond acceptors (Lipinski definition) is 6. The van der Waals surface area contributed by atoms with Crippen LogP contribution in [-0.4, -0.2) is 54.2 Å². The number of morpholine rings is 1. The average molecular weight is 375 g/mol. The standard InChI is InChI=1S/C19H25N3O3S/c1-19(2,22-7-9-24-10-8-22)13-20-18(23)16-5-3-4-6-17(16)25-11-15-12-26-14-21-15/h3-6,12,14H,7-11,13H2,1-2H3,(H,20,23). The van der Waals surface area contributed by atoms with Crippen LogP contribution in [0.1, 0.15) is 29.9 Å². The summed E-state index contributed by atoms with van der Waals surface area (Å²) < 4.78 is 11.2. The van der Waals surface area contributed by atoms with Crippen molar-refractivity contribution in [1.29, 1.82) is 0 Å². The predicted octanol–water partition coefficient (Wildman–Crippen LogP) is 2.56. The van der Waals surface area contributed by atoms with Crippen LogP contribution in [0.25, 0.3) is 0 Å². The number of nitrogens with zero attached hydrogens (tertiary/aromatic N) is 2. The molecule has 0 aliphatic carbocycles. The van der Waals surface area contributed by atoms with Crippen molar-refractivity contribution in [2.45, 2.75) is 26.0 Å². The van der Waals surface area contributed by atoms with Crippen LogP contribution >= 0.6 is 11.3 Å². The van der Waals surface area contributed by atoms with Gasteiger partial charge in [0, 0.05) is 30.6 Å². The highest BCUT2D eigenvalue weighted by molar-refractivity contribution is 7.07. The van der Waals surface area contributed by atoms with Crippen LogP contribution in [0, 0.1) is 0 Å². The fourth-order valence-corrected chi connectivity index (χ4v) is 3.46. The number of para-hydroxylation sites is 1. The third-order valence-electron chi connectivity index (χ3n) is 4.54. The number of ether oxygens (including phenoxy) is 2. The Morgan fingerprint density at radius 3 is 2.85 bits per heavy atom. The topological polar surface area (TPSA) is 63.7 Å². The van der Waals surface area contributed by atoms with E-state index in [2.05, 4.69) is 29.0 Å². The third kappa shape index (κ3) is 4.81. The van der Waals surface area contributed by atoms with Gasteiger partial charge in [-0.15, -0.1) is 11.3 Å². The molecule has 0 radical (unpaired) electrons. The number of hydrogen-bond donors (Lipinski definition) is 1. The highest BCUT2D eigenvalue weighted by Crippen LogP contribution is 2.20. The second kappa shape index (κ2) is 8.62. The molecule has 1 aliphatic rings. The quantitative estimate of drug-likeness (QED) is 0.806. The van der Waals surface area contributed by atoms with Crippen LogP contribution in [0.3, 0.4) is 0 Å². The minimum atomic E-state index is -0.129. The van der Waals surface area contributed by atoms with Crippen molar-refractivity contribution >= 4 is 17.2 Å². The van der Waals surface area contributed by atoms with Crippen molar-refractivity contribution in [1.82, 2.24) is 15.2 Å². The molecule has 1 fully saturated rings. The first-order valence-corrected chi connectivity index (χ1v) is 9.70. The molecule has 1 N–H and O–H groups in total. The van der Waals surface area contributed by atoms with Crippen molar-refractivity contribution in [3.63, 3.8) is 0 Å². The number of aromatic nitrogens is 1. The molecule has 6 nitrogen and oxygen atoms in total. The van der Waals surface area contributed by atoms with Crippen molar-refractivity contribution in [3.05, 3.63) is 46.4 Å². The number of thiazole rings is 1. The van der Waals surface area contributed by atoms with Crippen molar-refractivity contribution in [3.8, 4) is 5.75 Å². The Hall–Kier alpha value is -1.96. The van der Waals surface area contributed by atoms with Gasteiger partial charge < -0.3 is 14.8 Å². The lowest BCUT2D eigenvalue weighted by atomic mass is 10.0. The summed E-state index contributed by atoms with van der Waals surface area (Å²) in [7, 11) is 0. The molecule has 0 saturated carbocycles. The van der Waals surface area contributed by atoms with Gasteiger partial charge in [-0.1, -0.05) is 12.1 Å². The Bertz CT molecular complexity index is 713. The molecule has 0 spiro atoms. The van der Waals surface area contributed by atoms with E-state index in [-0.39, 0.29) is 11.4 Å². The molecule has 1 saturated heterocycles. The third-order valence-corrected chi connectivity index (χ3v) is 5.17. The van der Waals surface area contributed by atoms with Crippen LogP contribution in [-0.2, 0) is 11.3 Å². The summed E-state index contributed by atoms with van der Waals surface area (Å²) in [6, 6.07) is 7.31. The number of carbonyl (C=O) groups excluding carboxylic acids is 1. The van der Waals surface area contributed by atoms with E-state index in [9.17, 15) is 4.79 Å². The minimum Gasteiger partial charge on any atom is -0.486 e. The lowest BCUT2D eigenvalue weighted by Gasteiger charge is -2.40. The van der Waals surface area contributed by atoms with Crippen molar-refractivity contribution < 1.29 is 14.3 Å². The molecule has 3 rings (SSSR count). The Morgan fingerprint density at radius 1 is 1.35 bits per heavy atom. The maximum Gasteiger partial charge on any atom is 0.255 e. The number of amides is 1. The Kier molecular flexibility index (Phi) is 6.24. The monoisotopic (exact) mass is 375 g/mol. The van der Waals surface area contributed by atoms with Crippen molar-refractivity contribution in [2.24, 2.45) is 0 Å². The van der Waals surface area contributed by atoms with E-state index in [4.69, 9.17) is 9.47 Å². The summed E-state index contributed by atoms with van der Waals surface area (Å²) in [6.45, 7) is 8.45. The zero-order chi connectivity index (χ0) is 18.4. The molecule has 140 valence electrons. The highest BCUT2D eigenvalue weighted by Gasteiger charge is 2.29. The second-order valence-corrected chi connectivity index (χ2v) is 7.58. The van der Waals surface area contributed by atoms with Gasteiger partial charge in [-0.3, -0.25) is 9.69 Å². The van der Waals surface area contributed by atoms with E-state index in [0.717, 1.165) is 32.0 Å². The summed E-state index contributed by atoms with van der Waals surface area (Å²) >= 11 is 1.53. The number of benzene rings is 1. The molecule has 1 aromatic carbocycles. The molecule has 7 heteroatoms. The van der Waals surface area contributed by atoms with Gasteiger partial charge >= 0.3 is 0 Å². The first-order valence-electron chi connectivity index (χ1n) is 8.76. The van der Waals surface area contributed by atoms with E-state index < -0.39 is 0 Å². The SMILES string of the molecule is CC(C)(CNC(=O)c1ccccc1OCc1cscn1)N1CCOCC1. The maximum atomic E-state index is 12.7. The van der Waals surface area contributed by atoms with Crippen LogP contribution < -0.4 is 10.1 Å². The van der Waals surface area contributed by atoms with Crippen LogP contribution in [0.5, 0.6) is 5.75 Å². The minimum absolute atomic E-state index is 0.125. The Labute approximate surface area is 158 Å². The zero-order valence-corrected chi connectivity index (χ0v) is 16.1. The fourth-order valence-electron chi connectivity index (χ4n) is 2.91. The molecule has 2 heterocycles. The predicted molar refractivity (Wildman–Crippen MR) is 102 cm³/mol. The summed E-state index contributed by atoms with van der Waals surface area (Å²) in [4.78, 5) is 19.3. The lowest BCUT2D eigenvalue weighted by molar-refractivity contribution is -0.00924. The van der Waals surface area contributed by atoms with Gasteiger partial charge in [0.15, 0.2) is 0 Å². The van der Waals surface area contributed by atoms with Crippen molar-refractivity contribution in [2.75, 3.05) is 32.8 Å². The maximum absolute atomic E-state index is 12.7. The zero-order valence-electron chi connectivity index (χ0n) is 15.2. The van der Waals surface area contributed by atoms with E-state index in [1.54, 1.807) is 11.6 Å². The molecular weight excluding hydrogens is 350 g/mol. The summed E-state index contributed by atoms with van der Waals surface area (Å²) in [5.74, 6) is 0.447. The molecule has 0 unspecified atom stereocenters. The summed E-state index contributed by atoms with van der Waals surface area (Å²) in [6.07, 6.45) is 0. The van der Waals surface area contributed by atoms with Gasteiger partial charge in [-0.05, 0) is 26.0 Å². The highest BCUT2D eigenvalue weighted by atomic mass is 32.1. The smallest absolute Gasteiger partial charge is 0.255 e. The number of nitrogens with one attached hydrogen (secondary N) is 1. The summed E-state index contributed by atoms with van der Waals surface area (Å²) in [5.41, 5.74) is 3.04. The molecule has 0 atom stereocenters. The largest absolute Gasteiger partial charge is 0.486 e. The van der Waals surface area contributed by atoms with E-state index in [1.165, 1.54) is 11.3 Å². The lowest BCUT2D eigenvalue weighted by Crippen LogP contribution is -2.55. The molecule has 0 bridgehead atoms. The van der Waals surface area contributed by atoms with Crippen LogP contribution in [0.15, 0.2) is 35.2 Å². The van der Waals surface area contributed by atoms with Gasteiger partial charge in [0.25, 0.3) is 5.91 Å². The normalized spacial score (nSPS) is 15.6. The summed E-state index contributed by atoms with van der Waals surface area (Å²) in [5, 5.41) is 4.99. The van der Waals surface area contributed by atoms with Gasteiger partial charge in [-0.2, -0.15) is 0 Å². The molecule has 1 aliphatic heterocycles. The van der Waals surface area contributed by atoms with E-state index in [1.807, 2.05) is 23.6 Å². The van der Waals surface area contributed by atoms with Gasteiger partial charge in [0.1, 0.15) is 12.4 Å². The van der Waals surface area contributed by atoms with Crippen LogP contribution in [0.4, 0.5) is 0 Å².